The van der Waals surface area contributed by atoms with Gasteiger partial charge in [0.05, 0.1) is 30.2 Å². The van der Waals surface area contributed by atoms with E-state index in [0.717, 1.165) is 4.90 Å². The molecule has 4 atom stereocenters. The molecule has 2 bridgehead atoms. The van der Waals surface area contributed by atoms with E-state index in [-0.39, 0.29) is 0 Å². The van der Waals surface area contributed by atoms with E-state index < -0.39 is 54.0 Å². The van der Waals surface area contributed by atoms with Gasteiger partial charge in [0.1, 0.15) is 5.60 Å². The van der Waals surface area contributed by atoms with Crippen molar-refractivity contribution < 1.29 is 32.3 Å². The minimum atomic E-state index is -5.04. The number of ether oxygens (including phenoxy) is 1. The third-order valence-electron chi connectivity index (χ3n) is 4.95. The van der Waals surface area contributed by atoms with Crippen LogP contribution in [0.15, 0.2) is 42.5 Å². The van der Waals surface area contributed by atoms with Crippen LogP contribution < -0.4 is 10.2 Å². The molecule has 3 aliphatic heterocycles. The second-order valence-corrected chi connectivity index (χ2v) is 6.43. The van der Waals surface area contributed by atoms with Crippen LogP contribution in [-0.2, 0) is 19.1 Å². The summed E-state index contributed by atoms with van der Waals surface area (Å²) in [4.78, 5) is 37.8. The molecule has 3 amide bonds. The summed E-state index contributed by atoms with van der Waals surface area (Å²) in [6.07, 6.45) is -2.72. The fourth-order valence-electron chi connectivity index (χ4n) is 3.86. The molecule has 0 aromatic heterocycles. The number of amides is 3. The van der Waals surface area contributed by atoms with Gasteiger partial charge in [-0.25, -0.2) is 4.90 Å². The Morgan fingerprint density at radius 1 is 1.19 bits per heavy atom. The average molecular weight is 366 g/mol. The van der Waals surface area contributed by atoms with Crippen molar-refractivity contribution in [1.29, 1.82) is 0 Å². The lowest BCUT2D eigenvalue weighted by Crippen LogP contribution is -2.51. The fraction of sp³-hybridized carbons (Fsp3) is 0.353. The molecular weight excluding hydrogens is 353 g/mol. The van der Waals surface area contributed by atoms with E-state index in [1.54, 1.807) is 41.7 Å². The number of rotatable bonds is 3. The predicted octanol–water partition coefficient (Wildman–Crippen LogP) is 1.18. The van der Waals surface area contributed by atoms with E-state index in [1.165, 1.54) is 6.08 Å². The van der Waals surface area contributed by atoms with Crippen LogP contribution in [0.5, 0.6) is 0 Å². The summed E-state index contributed by atoms with van der Waals surface area (Å²) in [5.41, 5.74) is -1.06. The number of anilines is 1. The minimum absolute atomic E-state index is 0.394. The summed E-state index contributed by atoms with van der Waals surface area (Å²) in [5, 5.41) is 1.76. The number of nitrogens with one attached hydrogen (secondary N) is 1. The molecule has 3 heterocycles. The highest BCUT2D eigenvalue weighted by Gasteiger charge is 2.68. The van der Waals surface area contributed by atoms with E-state index in [1.807, 2.05) is 0 Å². The summed E-state index contributed by atoms with van der Waals surface area (Å²) >= 11 is 0. The maximum Gasteiger partial charge on any atom is 0.471 e. The van der Waals surface area contributed by atoms with Gasteiger partial charge in [0.15, 0.2) is 0 Å². The first-order valence-electron chi connectivity index (χ1n) is 7.90. The fourth-order valence-corrected chi connectivity index (χ4v) is 3.86. The lowest BCUT2D eigenvalue weighted by Gasteiger charge is -2.29. The Bertz CT molecular complexity index is 823. The summed E-state index contributed by atoms with van der Waals surface area (Å²) in [6, 6.07) is 8.29. The number of imide groups is 1. The Labute approximate surface area is 145 Å². The number of carbonyl (C=O) groups excluding carboxylic acids is 3. The number of fused-ring (bicyclic) bond motifs is 5. The van der Waals surface area contributed by atoms with Crippen molar-refractivity contribution in [2.24, 2.45) is 11.8 Å². The molecule has 4 rings (SSSR count). The SMILES string of the molecule is O=C1[C@@H]2[C@@H](C(=O)N1c1ccccc1)[C@]1(CNC(=O)C(F)(F)F)C=C[C@H]2O1. The zero-order valence-corrected chi connectivity index (χ0v) is 13.2. The van der Waals surface area contributed by atoms with Crippen LogP contribution >= 0.6 is 0 Å². The molecule has 3 aliphatic rings. The van der Waals surface area contributed by atoms with Gasteiger partial charge >= 0.3 is 12.1 Å². The van der Waals surface area contributed by atoms with E-state index >= 15 is 0 Å². The van der Waals surface area contributed by atoms with Crippen molar-refractivity contribution >= 4 is 23.4 Å². The van der Waals surface area contributed by atoms with Crippen LogP contribution in [0.25, 0.3) is 0 Å². The Balaban J connectivity index is 1.62. The number of nitrogens with zero attached hydrogens (tertiary/aromatic N) is 1. The summed E-state index contributed by atoms with van der Waals surface area (Å²) < 4.78 is 43.0. The molecule has 9 heteroatoms. The van der Waals surface area contributed by atoms with Crippen molar-refractivity contribution in [3.63, 3.8) is 0 Å². The average Bonchev–Trinajstić information content (AvgIpc) is 3.23. The van der Waals surface area contributed by atoms with Crippen LogP contribution in [0.2, 0.25) is 0 Å². The number of carbonyl (C=O) groups is 3. The topological polar surface area (TPSA) is 75.7 Å². The highest BCUT2D eigenvalue weighted by atomic mass is 19.4. The molecular formula is C17H13F3N2O4. The van der Waals surface area contributed by atoms with Gasteiger partial charge in [0.2, 0.25) is 11.8 Å². The Morgan fingerprint density at radius 3 is 2.54 bits per heavy atom. The third-order valence-corrected chi connectivity index (χ3v) is 4.95. The lowest BCUT2D eigenvalue weighted by atomic mass is 9.77. The molecule has 2 saturated heterocycles. The summed E-state index contributed by atoms with van der Waals surface area (Å²) in [7, 11) is 0. The zero-order chi connectivity index (χ0) is 18.7. The molecule has 0 radical (unpaired) electrons. The second-order valence-electron chi connectivity index (χ2n) is 6.43. The van der Waals surface area contributed by atoms with Gasteiger partial charge in [-0.2, -0.15) is 13.2 Å². The largest absolute Gasteiger partial charge is 0.471 e. The number of hydrogen-bond acceptors (Lipinski definition) is 4. The van der Waals surface area contributed by atoms with Gasteiger partial charge in [-0.1, -0.05) is 30.4 Å². The number of hydrogen-bond donors (Lipinski definition) is 1. The standard InChI is InChI=1S/C17H13F3N2O4/c18-17(19,20)15(25)21-8-16-7-6-10(26-16)11-12(16)14(24)22(13(11)23)9-4-2-1-3-5-9/h1-7,10-12H,8H2,(H,21,25)/t10-,11+,12+,16-/m1/s1. The molecule has 0 unspecified atom stereocenters. The van der Waals surface area contributed by atoms with Gasteiger partial charge in [0, 0.05) is 0 Å². The Morgan fingerprint density at radius 2 is 1.88 bits per heavy atom. The smallest absolute Gasteiger partial charge is 0.360 e. The van der Waals surface area contributed by atoms with Gasteiger partial charge in [-0.3, -0.25) is 14.4 Å². The maximum atomic E-state index is 12.9. The van der Waals surface area contributed by atoms with E-state index in [2.05, 4.69) is 0 Å². The highest BCUT2D eigenvalue weighted by Crippen LogP contribution is 2.52. The monoisotopic (exact) mass is 366 g/mol. The predicted molar refractivity (Wildman–Crippen MR) is 81.7 cm³/mol. The first-order valence-corrected chi connectivity index (χ1v) is 7.90. The number of halogens is 3. The van der Waals surface area contributed by atoms with Gasteiger partial charge in [-0.05, 0) is 12.1 Å². The Hall–Kier alpha value is -2.68. The van der Waals surface area contributed by atoms with Gasteiger partial charge in [-0.15, -0.1) is 0 Å². The third kappa shape index (κ3) is 2.27. The molecule has 0 aliphatic carbocycles. The highest BCUT2D eigenvalue weighted by molar-refractivity contribution is 6.23. The molecule has 0 saturated carbocycles. The summed E-state index contributed by atoms with van der Waals surface area (Å²) in [6.45, 7) is -0.541. The van der Waals surface area contributed by atoms with Crippen LogP contribution in [0, 0.1) is 11.8 Å². The van der Waals surface area contributed by atoms with Crippen molar-refractivity contribution in [2.45, 2.75) is 17.9 Å². The van der Waals surface area contributed by atoms with Gasteiger partial charge < -0.3 is 10.1 Å². The molecule has 0 spiro atoms. The molecule has 26 heavy (non-hydrogen) atoms. The van der Waals surface area contributed by atoms with Crippen molar-refractivity contribution in [3.8, 4) is 0 Å². The second kappa shape index (κ2) is 5.41. The number of alkyl halides is 3. The van der Waals surface area contributed by atoms with Crippen LogP contribution in [0.4, 0.5) is 18.9 Å². The molecule has 1 N–H and O–H groups in total. The first-order chi connectivity index (χ1) is 12.2. The van der Waals surface area contributed by atoms with E-state index in [4.69, 9.17) is 4.74 Å². The molecule has 1 aromatic rings. The first kappa shape index (κ1) is 16.8. The number of para-hydroxylation sites is 1. The quantitative estimate of drug-likeness (QED) is 0.644. The van der Waals surface area contributed by atoms with Crippen LogP contribution in [0.3, 0.4) is 0 Å². The normalized spacial score (nSPS) is 32.3. The number of benzene rings is 1. The summed E-state index contributed by atoms with van der Waals surface area (Å²) in [5.74, 6) is -4.90. The zero-order valence-electron chi connectivity index (χ0n) is 13.2. The van der Waals surface area contributed by atoms with Crippen LogP contribution in [-0.4, -0.2) is 42.1 Å². The maximum absolute atomic E-state index is 12.9. The molecule has 2 fully saturated rings. The van der Waals surface area contributed by atoms with Crippen LogP contribution in [0.1, 0.15) is 0 Å². The van der Waals surface area contributed by atoms with E-state index in [9.17, 15) is 27.6 Å². The van der Waals surface area contributed by atoms with Crippen molar-refractivity contribution in [2.75, 3.05) is 11.4 Å². The van der Waals surface area contributed by atoms with Crippen molar-refractivity contribution in [3.05, 3.63) is 42.5 Å². The Kier molecular flexibility index (Phi) is 3.49. The molecule has 136 valence electrons. The molecule has 1 aromatic carbocycles. The van der Waals surface area contributed by atoms with E-state index in [0.29, 0.717) is 5.69 Å². The lowest BCUT2D eigenvalue weighted by molar-refractivity contribution is -0.174. The minimum Gasteiger partial charge on any atom is -0.360 e. The molecule has 6 nitrogen and oxygen atoms in total. The van der Waals surface area contributed by atoms with Gasteiger partial charge in [0.25, 0.3) is 0 Å². The van der Waals surface area contributed by atoms with Crippen molar-refractivity contribution in [1.82, 2.24) is 5.32 Å².